The zero-order valence-electron chi connectivity index (χ0n) is 10.6. The van der Waals surface area contributed by atoms with E-state index in [1.54, 1.807) is 0 Å². The Bertz CT molecular complexity index is 778. The molecular formula is C17H14O2. The molecule has 0 amide bonds. The van der Waals surface area contributed by atoms with Crippen molar-refractivity contribution in [2.24, 2.45) is 5.92 Å². The molecule has 4 rings (SSSR count). The van der Waals surface area contributed by atoms with Crippen LogP contribution in [0.1, 0.15) is 29.6 Å². The highest BCUT2D eigenvalue weighted by Gasteiger charge is 2.25. The van der Waals surface area contributed by atoms with Gasteiger partial charge in [-0.05, 0) is 37.0 Å². The fourth-order valence-corrected chi connectivity index (χ4v) is 2.60. The zero-order valence-corrected chi connectivity index (χ0v) is 10.6. The van der Waals surface area contributed by atoms with Crippen LogP contribution in [0.3, 0.4) is 0 Å². The number of furan rings is 1. The van der Waals surface area contributed by atoms with Crippen molar-refractivity contribution in [3.63, 3.8) is 0 Å². The van der Waals surface area contributed by atoms with Crippen LogP contribution >= 0.6 is 0 Å². The lowest BCUT2D eigenvalue weighted by Crippen LogP contribution is -1.99. The van der Waals surface area contributed by atoms with E-state index in [9.17, 15) is 4.79 Å². The number of carbonyl (C=O) groups is 1. The van der Waals surface area contributed by atoms with E-state index in [0.717, 1.165) is 27.5 Å². The first kappa shape index (κ1) is 10.8. The first-order valence-electron chi connectivity index (χ1n) is 6.76. The van der Waals surface area contributed by atoms with E-state index in [-0.39, 0.29) is 5.78 Å². The smallest absolute Gasteiger partial charge is 0.163 e. The molecule has 19 heavy (non-hydrogen) atoms. The summed E-state index contributed by atoms with van der Waals surface area (Å²) >= 11 is 0. The van der Waals surface area contributed by atoms with Crippen molar-refractivity contribution in [1.29, 1.82) is 0 Å². The predicted octanol–water partition coefficient (Wildman–Crippen LogP) is 4.57. The van der Waals surface area contributed by atoms with Crippen molar-refractivity contribution in [2.75, 3.05) is 0 Å². The maximum absolute atomic E-state index is 12.1. The van der Waals surface area contributed by atoms with Gasteiger partial charge in [0.05, 0.1) is 0 Å². The average molecular weight is 250 g/mol. The summed E-state index contributed by atoms with van der Waals surface area (Å²) in [7, 11) is 0. The van der Waals surface area contributed by atoms with Crippen LogP contribution in [-0.4, -0.2) is 5.78 Å². The molecule has 1 heterocycles. The molecule has 94 valence electrons. The van der Waals surface area contributed by atoms with Crippen LogP contribution in [0.4, 0.5) is 0 Å². The number of hydrogen-bond acceptors (Lipinski definition) is 2. The molecule has 1 aromatic heterocycles. The summed E-state index contributed by atoms with van der Waals surface area (Å²) in [4.78, 5) is 12.1. The minimum absolute atomic E-state index is 0.241. The number of benzene rings is 2. The first-order valence-corrected chi connectivity index (χ1v) is 6.76. The van der Waals surface area contributed by atoms with Gasteiger partial charge < -0.3 is 4.42 Å². The number of Topliss-reactive ketones (excluding diaryl/α,β-unsaturated/α-hetero) is 1. The van der Waals surface area contributed by atoms with Gasteiger partial charge in [-0.2, -0.15) is 0 Å². The summed E-state index contributed by atoms with van der Waals surface area (Å²) in [5.41, 5.74) is 2.46. The molecule has 0 aliphatic heterocycles. The third-order valence-electron chi connectivity index (χ3n) is 3.87. The summed E-state index contributed by atoms with van der Waals surface area (Å²) in [6, 6.07) is 13.8. The van der Waals surface area contributed by atoms with Crippen LogP contribution < -0.4 is 0 Å². The van der Waals surface area contributed by atoms with Gasteiger partial charge in [0, 0.05) is 22.8 Å². The molecule has 3 aromatic rings. The van der Waals surface area contributed by atoms with Gasteiger partial charge in [0.15, 0.2) is 5.78 Å². The van der Waals surface area contributed by atoms with Crippen molar-refractivity contribution >= 4 is 27.7 Å². The first-order chi connectivity index (χ1) is 9.31. The van der Waals surface area contributed by atoms with Crippen LogP contribution in [-0.2, 0) is 0 Å². The second kappa shape index (κ2) is 3.95. The average Bonchev–Trinajstić information content (AvgIpc) is 3.16. The van der Waals surface area contributed by atoms with Gasteiger partial charge in [-0.15, -0.1) is 0 Å². The van der Waals surface area contributed by atoms with E-state index in [0.29, 0.717) is 12.3 Å². The zero-order chi connectivity index (χ0) is 12.8. The van der Waals surface area contributed by atoms with E-state index < -0.39 is 0 Å². The third kappa shape index (κ3) is 1.84. The topological polar surface area (TPSA) is 30.2 Å². The van der Waals surface area contributed by atoms with Crippen LogP contribution in [0.2, 0.25) is 0 Å². The molecule has 0 radical (unpaired) electrons. The van der Waals surface area contributed by atoms with Gasteiger partial charge in [0.2, 0.25) is 0 Å². The van der Waals surface area contributed by atoms with Gasteiger partial charge >= 0.3 is 0 Å². The standard InChI is InChI=1S/C17H14O2/c18-15(9-11-5-6-11)12-7-8-14-13-3-1-2-4-16(13)19-17(14)10-12/h1-4,7-8,10-11H,5-6,9H2. The molecule has 1 aliphatic rings. The number of rotatable bonds is 3. The number of carbonyl (C=O) groups excluding carboxylic acids is 1. The number of fused-ring (bicyclic) bond motifs is 3. The molecule has 2 heteroatoms. The molecule has 0 saturated heterocycles. The predicted molar refractivity (Wildman–Crippen MR) is 75.4 cm³/mol. The Morgan fingerprint density at radius 3 is 2.68 bits per heavy atom. The van der Waals surface area contributed by atoms with Gasteiger partial charge in [0.1, 0.15) is 11.2 Å². The summed E-state index contributed by atoms with van der Waals surface area (Å²) in [6.45, 7) is 0. The van der Waals surface area contributed by atoms with Crippen LogP contribution in [0.15, 0.2) is 46.9 Å². The highest BCUT2D eigenvalue weighted by Crippen LogP contribution is 2.34. The van der Waals surface area contributed by atoms with Gasteiger partial charge in [-0.3, -0.25) is 4.79 Å². The van der Waals surface area contributed by atoms with Crippen molar-refractivity contribution in [3.05, 3.63) is 48.0 Å². The lowest BCUT2D eigenvalue weighted by atomic mass is 10.0. The molecule has 2 nitrogen and oxygen atoms in total. The van der Waals surface area contributed by atoms with Crippen molar-refractivity contribution in [3.8, 4) is 0 Å². The monoisotopic (exact) mass is 250 g/mol. The Hall–Kier alpha value is -2.09. The molecule has 0 atom stereocenters. The highest BCUT2D eigenvalue weighted by molar-refractivity contribution is 6.07. The van der Waals surface area contributed by atoms with Crippen molar-refractivity contribution in [1.82, 2.24) is 0 Å². The maximum Gasteiger partial charge on any atom is 0.163 e. The Morgan fingerprint density at radius 1 is 1.05 bits per heavy atom. The number of para-hydroxylation sites is 1. The van der Waals surface area contributed by atoms with E-state index in [1.165, 1.54) is 12.8 Å². The van der Waals surface area contributed by atoms with Gasteiger partial charge in [0.25, 0.3) is 0 Å². The van der Waals surface area contributed by atoms with E-state index >= 15 is 0 Å². The van der Waals surface area contributed by atoms with E-state index in [4.69, 9.17) is 4.42 Å². The molecule has 0 N–H and O–H groups in total. The minimum Gasteiger partial charge on any atom is -0.456 e. The molecule has 0 bridgehead atoms. The third-order valence-corrected chi connectivity index (χ3v) is 3.87. The van der Waals surface area contributed by atoms with E-state index in [1.807, 2.05) is 42.5 Å². The Morgan fingerprint density at radius 2 is 1.84 bits per heavy atom. The summed E-state index contributed by atoms with van der Waals surface area (Å²) < 4.78 is 5.81. The Labute approximate surface area is 111 Å². The minimum atomic E-state index is 0.241. The fourth-order valence-electron chi connectivity index (χ4n) is 2.60. The Kier molecular flexibility index (Phi) is 2.25. The number of ketones is 1. The molecule has 1 aliphatic carbocycles. The SMILES string of the molecule is O=C(CC1CC1)c1ccc2c(c1)oc1ccccc12. The summed E-state index contributed by atoms with van der Waals surface area (Å²) in [5.74, 6) is 0.865. The normalized spacial score (nSPS) is 15.2. The molecule has 1 fully saturated rings. The Balaban J connectivity index is 1.81. The number of hydrogen-bond donors (Lipinski definition) is 0. The molecule has 0 spiro atoms. The largest absolute Gasteiger partial charge is 0.456 e. The van der Waals surface area contributed by atoms with Crippen molar-refractivity contribution < 1.29 is 9.21 Å². The lowest BCUT2D eigenvalue weighted by Gasteiger charge is -1.99. The molecular weight excluding hydrogens is 236 g/mol. The second-order valence-corrected chi connectivity index (χ2v) is 5.38. The summed E-state index contributed by atoms with van der Waals surface area (Å²) in [5, 5.41) is 2.19. The van der Waals surface area contributed by atoms with E-state index in [2.05, 4.69) is 0 Å². The van der Waals surface area contributed by atoms with Gasteiger partial charge in [-0.1, -0.05) is 24.3 Å². The summed E-state index contributed by atoms with van der Waals surface area (Å²) in [6.07, 6.45) is 3.10. The molecule has 1 saturated carbocycles. The quantitative estimate of drug-likeness (QED) is 0.637. The maximum atomic E-state index is 12.1. The van der Waals surface area contributed by atoms with Crippen molar-refractivity contribution in [2.45, 2.75) is 19.3 Å². The molecule has 2 aromatic carbocycles. The highest BCUT2D eigenvalue weighted by atomic mass is 16.3. The van der Waals surface area contributed by atoms with Crippen LogP contribution in [0.25, 0.3) is 21.9 Å². The molecule has 0 unspecified atom stereocenters. The van der Waals surface area contributed by atoms with Crippen LogP contribution in [0, 0.1) is 5.92 Å². The van der Waals surface area contributed by atoms with Crippen LogP contribution in [0.5, 0.6) is 0 Å². The second-order valence-electron chi connectivity index (χ2n) is 5.38. The van der Waals surface area contributed by atoms with Gasteiger partial charge in [-0.25, -0.2) is 0 Å². The fraction of sp³-hybridized carbons (Fsp3) is 0.235. The lowest BCUT2D eigenvalue weighted by molar-refractivity contribution is 0.0976.